The first-order chi connectivity index (χ1) is 10.1. The normalized spacial score (nSPS) is 11.0. The summed E-state index contributed by atoms with van der Waals surface area (Å²) in [7, 11) is 0. The van der Waals surface area contributed by atoms with E-state index in [2.05, 4.69) is 41.7 Å². The molecule has 0 saturated heterocycles. The molecule has 0 aromatic carbocycles. The van der Waals surface area contributed by atoms with Crippen molar-refractivity contribution in [1.29, 1.82) is 0 Å². The molecule has 21 heavy (non-hydrogen) atoms. The van der Waals surface area contributed by atoms with Crippen LogP contribution in [0.5, 0.6) is 5.88 Å². The third kappa shape index (κ3) is 5.65. The summed E-state index contributed by atoms with van der Waals surface area (Å²) >= 11 is 7.92. The molecular formula is C16H21ClN2OS. The minimum atomic E-state index is 0.606. The van der Waals surface area contributed by atoms with Crippen LogP contribution in [-0.2, 0) is 13.0 Å². The summed E-state index contributed by atoms with van der Waals surface area (Å²) in [6.45, 7) is 6.59. The molecule has 0 unspecified atom stereocenters. The highest BCUT2D eigenvalue weighted by Gasteiger charge is 2.05. The van der Waals surface area contributed by atoms with Gasteiger partial charge in [-0.1, -0.05) is 31.5 Å². The Kier molecular flexibility index (Phi) is 6.49. The molecule has 114 valence electrons. The van der Waals surface area contributed by atoms with Crippen molar-refractivity contribution in [1.82, 2.24) is 10.3 Å². The quantitative estimate of drug-likeness (QED) is 0.791. The highest BCUT2D eigenvalue weighted by atomic mass is 35.5. The minimum absolute atomic E-state index is 0.606. The third-order valence-corrected chi connectivity index (χ3v) is 4.20. The van der Waals surface area contributed by atoms with E-state index in [1.54, 1.807) is 11.3 Å². The fourth-order valence-electron chi connectivity index (χ4n) is 1.86. The van der Waals surface area contributed by atoms with Crippen LogP contribution in [-0.4, -0.2) is 18.1 Å². The maximum Gasteiger partial charge on any atom is 0.213 e. The SMILES string of the molecule is CC(C)CNCc1nc(OCCc2cccs2)ccc1Cl. The topological polar surface area (TPSA) is 34.2 Å². The number of hydrogen-bond acceptors (Lipinski definition) is 4. The van der Waals surface area contributed by atoms with E-state index in [1.807, 2.05) is 12.1 Å². The van der Waals surface area contributed by atoms with Gasteiger partial charge in [-0.25, -0.2) is 4.98 Å². The van der Waals surface area contributed by atoms with Crippen LogP contribution < -0.4 is 10.1 Å². The number of thiophene rings is 1. The van der Waals surface area contributed by atoms with Gasteiger partial charge in [-0.2, -0.15) is 0 Å². The number of aromatic nitrogens is 1. The summed E-state index contributed by atoms with van der Waals surface area (Å²) < 4.78 is 5.71. The molecule has 0 radical (unpaired) electrons. The predicted molar refractivity (Wildman–Crippen MR) is 89.3 cm³/mol. The molecule has 3 nitrogen and oxygen atoms in total. The lowest BCUT2D eigenvalue weighted by Gasteiger charge is -2.10. The van der Waals surface area contributed by atoms with Crippen molar-refractivity contribution < 1.29 is 4.74 Å². The van der Waals surface area contributed by atoms with Crippen LogP contribution in [0, 0.1) is 5.92 Å². The zero-order valence-electron chi connectivity index (χ0n) is 12.4. The molecule has 0 saturated carbocycles. The summed E-state index contributed by atoms with van der Waals surface area (Å²) in [6.07, 6.45) is 0.906. The average Bonchev–Trinajstić information content (AvgIpc) is 2.95. The molecule has 1 N–H and O–H groups in total. The molecule has 0 aliphatic heterocycles. The van der Waals surface area contributed by atoms with E-state index in [0.29, 0.717) is 30.0 Å². The predicted octanol–water partition coefficient (Wildman–Crippen LogP) is 4.16. The van der Waals surface area contributed by atoms with E-state index in [-0.39, 0.29) is 0 Å². The third-order valence-electron chi connectivity index (χ3n) is 2.92. The smallest absolute Gasteiger partial charge is 0.213 e. The van der Waals surface area contributed by atoms with E-state index in [1.165, 1.54) is 4.88 Å². The van der Waals surface area contributed by atoms with Gasteiger partial charge in [0.1, 0.15) is 0 Å². The van der Waals surface area contributed by atoms with E-state index in [4.69, 9.17) is 16.3 Å². The second kappa shape index (κ2) is 8.37. The maximum atomic E-state index is 6.17. The van der Waals surface area contributed by atoms with Crippen LogP contribution in [0.3, 0.4) is 0 Å². The molecule has 0 aliphatic rings. The van der Waals surface area contributed by atoms with Gasteiger partial charge in [-0.15, -0.1) is 11.3 Å². The first kappa shape index (κ1) is 16.3. The Hall–Kier alpha value is -1.10. The Balaban J connectivity index is 1.85. The van der Waals surface area contributed by atoms with Crippen molar-refractivity contribution >= 4 is 22.9 Å². The summed E-state index contributed by atoms with van der Waals surface area (Å²) in [6, 6.07) is 7.84. The number of hydrogen-bond donors (Lipinski definition) is 1. The highest BCUT2D eigenvalue weighted by Crippen LogP contribution is 2.18. The molecule has 5 heteroatoms. The Bertz CT molecular complexity index is 543. The lowest BCUT2D eigenvalue weighted by Crippen LogP contribution is -2.20. The molecule has 2 heterocycles. The van der Waals surface area contributed by atoms with Gasteiger partial charge in [0, 0.05) is 23.9 Å². The molecule has 2 aromatic heterocycles. The van der Waals surface area contributed by atoms with Crippen LogP contribution in [0.15, 0.2) is 29.6 Å². The van der Waals surface area contributed by atoms with Gasteiger partial charge in [0.25, 0.3) is 0 Å². The molecule has 0 bridgehead atoms. The summed E-state index contributed by atoms with van der Waals surface area (Å²) in [4.78, 5) is 5.80. The van der Waals surface area contributed by atoms with Gasteiger partial charge in [0.15, 0.2) is 0 Å². The van der Waals surface area contributed by atoms with Crippen LogP contribution >= 0.6 is 22.9 Å². The molecule has 0 atom stereocenters. The first-order valence-corrected chi connectivity index (χ1v) is 8.42. The Morgan fingerprint density at radius 1 is 1.33 bits per heavy atom. The van der Waals surface area contributed by atoms with Crippen LogP contribution in [0.2, 0.25) is 5.02 Å². The number of nitrogens with zero attached hydrogens (tertiary/aromatic N) is 1. The number of ether oxygens (including phenoxy) is 1. The molecule has 0 amide bonds. The van der Waals surface area contributed by atoms with Gasteiger partial charge in [0.05, 0.1) is 17.3 Å². The molecule has 2 rings (SSSR count). The Morgan fingerprint density at radius 3 is 2.90 bits per heavy atom. The van der Waals surface area contributed by atoms with Crippen molar-refractivity contribution in [2.45, 2.75) is 26.8 Å². The summed E-state index contributed by atoms with van der Waals surface area (Å²) in [5, 5.41) is 6.10. The van der Waals surface area contributed by atoms with Crippen molar-refractivity contribution in [2.75, 3.05) is 13.2 Å². The van der Waals surface area contributed by atoms with Gasteiger partial charge in [0.2, 0.25) is 5.88 Å². The van der Waals surface area contributed by atoms with E-state index < -0.39 is 0 Å². The first-order valence-electron chi connectivity index (χ1n) is 7.16. The lowest BCUT2D eigenvalue weighted by molar-refractivity contribution is 0.309. The number of rotatable bonds is 8. The van der Waals surface area contributed by atoms with Crippen molar-refractivity contribution in [2.24, 2.45) is 5.92 Å². The van der Waals surface area contributed by atoms with Crippen molar-refractivity contribution in [3.05, 3.63) is 45.2 Å². The zero-order valence-corrected chi connectivity index (χ0v) is 14.0. The number of nitrogens with one attached hydrogen (secondary N) is 1. The Labute approximate surface area is 135 Å². The second-order valence-corrected chi connectivity index (χ2v) is 6.72. The fraction of sp³-hybridized carbons (Fsp3) is 0.438. The van der Waals surface area contributed by atoms with Crippen molar-refractivity contribution in [3.63, 3.8) is 0 Å². The lowest BCUT2D eigenvalue weighted by atomic mass is 10.2. The largest absolute Gasteiger partial charge is 0.477 e. The summed E-state index contributed by atoms with van der Waals surface area (Å²) in [5.74, 6) is 1.24. The molecule has 2 aromatic rings. The Morgan fingerprint density at radius 2 is 2.19 bits per heavy atom. The van der Waals surface area contributed by atoms with E-state index in [0.717, 1.165) is 18.7 Å². The van der Waals surface area contributed by atoms with Crippen molar-refractivity contribution in [3.8, 4) is 5.88 Å². The number of pyridine rings is 1. The van der Waals surface area contributed by atoms with Crippen LogP contribution in [0.4, 0.5) is 0 Å². The molecule has 0 aliphatic carbocycles. The van der Waals surface area contributed by atoms with Crippen LogP contribution in [0.25, 0.3) is 0 Å². The van der Waals surface area contributed by atoms with Crippen LogP contribution in [0.1, 0.15) is 24.4 Å². The fourth-order valence-corrected chi connectivity index (χ4v) is 2.72. The second-order valence-electron chi connectivity index (χ2n) is 5.28. The molecular weight excluding hydrogens is 304 g/mol. The average molecular weight is 325 g/mol. The monoisotopic (exact) mass is 324 g/mol. The molecule has 0 fully saturated rings. The van der Waals surface area contributed by atoms with E-state index in [9.17, 15) is 0 Å². The highest BCUT2D eigenvalue weighted by molar-refractivity contribution is 7.09. The standard InChI is InChI=1S/C16H21ClN2OS/c1-12(2)10-18-11-15-14(17)5-6-16(19-15)20-8-7-13-4-3-9-21-13/h3-6,9,12,18H,7-8,10-11H2,1-2H3. The molecule has 0 spiro atoms. The van der Waals surface area contributed by atoms with Gasteiger partial charge < -0.3 is 10.1 Å². The van der Waals surface area contributed by atoms with E-state index >= 15 is 0 Å². The van der Waals surface area contributed by atoms with Gasteiger partial charge in [-0.05, 0) is 30.0 Å². The summed E-state index contributed by atoms with van der Waals surface area (Å²) in [5.41, 5.74) is 0.839. The maximum absolute atomic E-state index is 6.17. The minimum Gasteiger partial charge on any atom is -0.477 e. The van der Waals surface area contributed by atoms with Gasteiger partial charge >= 0.3 is 0 Å². The zero-order chi connectivity index (χ0) is 15.1. The van der Waals surface area contributed by atoms with Gasteiger partial charge in [-0.3, -0.25) is 0 Å². The number of halogens is 1.